The van der Waals surface area contributed by atoms with Crippen LogP contribution in [0.4, 0.5) is 5.69 Å². The average Bonchev–Trinajstić information content (AvgIpc) is 3.09. The Labute approximate surface area is 305 Å². The van der Waals surface area contributed by atoms with Crippen LogP contribution in [0.15, 0.2) is 96.6 Å². The van der Waals surface area contributed by atoms with Gasteiger partial charge in [0.25, 0.3) is 0 Å². The molecule has 2 aromatic rings. The zero-order valence-electron chi connectivity index (χ0n) is 31.6. The number of primary amides is 1. The van der Waals surface area contributed by atoms with Gasteiger partial charge in [-0.2, -0.15) is 5.26 Å². The van der Waals surface area contributed by atoms with Gasteiger partial charge in [0, 0.05) is 37.8 Å². The number of amides is 3. The first-order chi connectivity index (χ1) is 23.8. The van der Waals surface area contributed by atoms with Crippen LogP contribution in [0.25, 0.3) is 10.8 Å². The van der Waals surface area contributed by atoms with E-state index in [2.05, 4.69) is 62.0 Å². The lowest BCUT2D eigenvalue weighted by Crippen LogP contribution is -2.27. The number of nitrogens with two attached hydrogens (primary N) is 1. The fourth-order valence-electron chi connectivity index (χ4n) is 3.75. The standard InChI is InChI=1S/C19H18N4O2S.C8H12.C7H17N.C6H13NO/c1-22-19(25)17(26-10-2-8-20)7-9-23-16-6-5-13-11-15(18(21)24)4-3-14(13)12-16;1-4-5-6-7-8(2)3;1-4-7-8(5-2)6-3;1-5(2)4-7-6(3)8/h2-7,9-12,17,23H,1H3,(H2,21,24)(H,22,25);4-7H,2H2,1,3H3;4-7H2,1-3H3;5H,4H2,1-3H3,(H,7,8)/b9-7?,10-2+;5-4-,7-6-;;. The molecule has 0 saturated heterocycles. The SMILES string of the molecule is C=C(C)/C=C\C=C/C.CC(=O)NCC(C)C.CCCN(CC)CC.CNC(=O)C(C=CNc1ccc2cc(C(N)=O)ccc2c1)S/C=C/C#N. The summed E-state index contributed by atoms with van der Waals surface area (Å²) in [4.78, 5) is 35.7. The second-order valence-corrected chi connectivity index (χ2v) is 12.4. The van der Waals surface area contributed by atoms with Crippen molar-refractivity contribution in [1.82, 2.24) is 15.5 Å². The van der Waals surface area contributed by atoms with E-state index < -0.39 is 11.2 Å². The molecule has 5 N–H and O–H groups in total. The van der Waals surface area contributed by atoms with E-state index in [4.69, 9.17) is 11.0 Å². The quantitative estimate of drug-likeness (QED) is 0.109. The van der Waals surface area contributed by atoms with Gasteiger partial charge in [0.05, 0.1) is 6.07 Å². The summed E-state index contributed by atoms with van der Waals surface area (Å²) in [5.74, 6) is -0.00837. The van der Waals surface area contributed by atoms with Crippen LogP contribution in [0.2, 0.25) is 0 Å². The summed E-state index contributed by atoms with van der Waals surface area (Å²) in [6.07, 6.45) is 13.9. The van der Waals surface area contributed by atoms with Crippen LogP contribution in [-0.2, 0) is 9.59 Å². The summed E-state index contributed by atoms with van der Waals surface area (Å²) >= 11 is 1.24. The number of carbonyl (C=O) groups is 3. The van der Waals surface area contributed by atoms with Crippen molar-refractivity contribution in [2.24, 2.45) is 11.7 Å². The van der Waals surface area contributed by atoms with Gasteiger partial charge in [0.2, 0.25) is 17.7 Å². The molecule has 0 bridgehead atoms. The molecule has 50 heavy (non-hydrogen) atoms. The maximum atomic E-state index is 11.8. The van der Waals surface area contributed by atoms with Crippen molar-refractivity contribution in [3.8, 4) is 6.07 Å². The number of carbonyl (C=O) groups excluding carboxylic acids is 3. The lowest BCUT2D eigenvalue weighted by Gasteiger charge is -2.15. The highest BCUT2D eigenvalue weighted by molar-refractivity contribution is 8.03. The Hall–Kier alpha value is -4.59. The van der Waals surface area contributed by atoms with Crippen molar-refractivity contribution in [3.63, 3.8) is 0 Å². The number of thioether (sulfide) groups is 1. The Morgan fingerprint density at radius 3 is 2.14 bits per heavy atom. The molecule has 3 amide bonds. The molecule has 0 aliphatic carbocycles. The summed E-state index contributed by atoms with van der Waals surface area (Å²) in [6, 6.07) is 12.8. The largest absolute Gasteiger partial charge is 0.366 e. The predicted molar refractivity (Wildman–Crippen MR) is 216 cm³/mol. The van der Waals surface area contributed by atoms with Gasteiger partial charge in [-0.15, -0.1) is 11.8 Å². The lowest BCUT2D eigenvalue weighted by atomic mass is 10.1. The summed E-state index contributed by atoms with van der Waals surface area (Å²) in [5, 5.41) is 19.9. The van der Waals surface area contributed by atoms with Crippen molar-refractivity contribution in [2.75, 3.05) is 38.5 Å². The fourth-order valence-corrected chi connectivity index (χ4v) is 4.47. The molecule has 0 fully saturated rings. The molecule has 0 radical (unpaired) electrons. The highest BCUT2D eigenvalue weighted by Gasteiger charge is 2.12. The Morgan fingerprint density at radius 1 is 1.04 bits per heavy atom. The minimum atomic E-state index is -0.458. The molecule has 10 heteroatoms. The second kappa shape index (κ2) is 30.5. The monoisotopic (exact) mass is 704 g/mol. The summed E-state index contributed by atoms with van der Waals surface area (Å²) < 4.78 is 0. The maximum absolute atomic E-state index is 11.8. The van der Waals surface area contributed by atoms with Gasteiger partial charge in [-0.1, -0.05) is 83.2 Å². The maximum Gasteiger partial charge on any atom is 0.248 e. The Morgan fingerprint density at radius 2 is 1.68 bits per heavy atom. The van der Waals surface area contributed by atoms with Crippen LogP contribution in [0.1, 0.15) is 72.2 Å². The molecule has 274 valence electrons. The third-order valence-electron chi connectivity index (χ3n) is 6.40. The normalized spacial score (nSPS) is 11.3. The van der Waals surface area contributed by atoms with Gasteiger partial charge in [-0.3, -0.25) is 14.4 Å². The van der Waals surface area contributed by atoms with E-state index in [0.717, 1.165) is 28.6 Å². The number of allylic oxidation sites excluding steroid dienone is 6. The summed E-state index contributed by atoms with van der Waals surface area (Å²) in [7, 11) is 1.56. The fraction of sp³-hybridized carbons (Fsp3) is 0.400. The predicted octanol–water partition coefficient (Wildman–Crippen LogP) is 7.96. The lowest BCUT2D eigenvalue weighted by molar-refractivity contribution is -0.120. The molecular weight excluding hydrogens is 645 g/mol. The minimum Gasteiger partial charge on any atom is -0.366 e. The Balaban J connectivity index is 0. The highest BCUT2D eigenvalue weighted by atomic mass is 32.2. The van der Waals surface area contributed by atoms with E-state index in [1.807, 2.05) is 68.5 Å². The van der Waals surface area contributed by atoms with Gasteiger partial charge in [0.1, 0.15) is 5.25 Å². The highest BCUT2D eigenvalue weighted by Crippen LogP contribution is 2.21. The zero-order chi connectivity index (χ0) is 38.3. The topological polar surface area (TPSA) is 140 Å². The van der Waals surface area contributed by atoms with E-state index in [1.54, 1.807) is 36.9 Å². The molecule has 0 aromatic heterocycles. The third kappa shape index (κ3) is 25.4. The number of nitriles is 1. The summed E-state index contributed by atoms with van der Waals surface area (Å²) in [6.45, 7) is 24.4. The number of anilines is 1. The van der Waals surface area contributed by atoms with E-state index in [-0.39, 0.29) is 11.8 Å². The Kier molecular flexibility index (Phi) is 29.0. The number of nitrogens with one attached hydrogen (secondary N) is 3. The van der Waals surface area contributed by atoms with Crippen molar-refractivity contribution in [2.45, 2.75) is 67.1 Å². The molecule has 1 atom stereocenters. The second-order valence-electron chi connectivity index (χ2n) is 11.3. The van der Waals surface area contributed by atoms with Gasteiger partial charge < -0.3 is 26.6 Å². The van der Waals surface area contributed by atoms with Crippen molar-refractivity contribution in [3.05, 3.63) is 102 Å². The number of fused-ring (bicyclic) bond motifs is 1. The first kappa shape index (κ1) is 47.5. The van der Waals surface area contributed by atoms with Gasteiger partial charge >= 0.3 is 0 Å². The molecule has 0 aliphatic heterocycles. The molecule has 2 aromatic carbocycles. The van der Waals surface area contributed by atoms with Crippen molar-refractivity contribution in [1.29, 1.82) is 5.26 Å². The Bertz CT molecular complexity index is 1450. The van der Waals surface area contributed by atoms with Crippen LogP contribution >= 0.6 is 11.8 Å². The number of hydrogen-bond acceptors (Lipinski definition) is 7. The summed E-state index contributed by atoms with van der Waals surface area (Å²) in [5.41, 5.74) is 7.68. The van der Waals surface area contributed by atoms with Crippen molar-refractivity contribution < 1.29 is 14.4 Å². The van der Waals surface area contributed by atoms with E-state index >= 15 is 0 Å². The first-order valence-corrected chi connectivity index (χ1v) is 17.8. The average molecular weight is 705 g/mol. The molecule has 0 aliphatic rings. The number of benzene rings is 2. The van der Waals surface area contributed by atoms with Gasteiger partial charge in [-0.05, 0) is 98.5 Å². The first-order valence-electron chi connectivity index (χ1n) is 16.9. The van der Waals surface area contributed by atoms with Crippen LogP contribution in [-0.4, -0.2) is 61.1 Å². The van der Waals surface area contributed by atoms with Crippen molar-refractivity contribution >= 4 is 45.9 Å². The van der Waals surface area contributed by atoms with E-state index in [1.165, 1.54) is 50.8 Å². The van der Waals surface area contributed by atoms with Gasteiger partial charge in [-0.25, -0.2) is 0 Å². The molecular formula is C40H60N6O3S. The van der Waals surface area contributed by atoms with Crippen LogP contribution in [0.3, 0.4) is 0 Å². The zero-order valence-corrected chi connectivity index (χ0v) is 32.4. The molecule has 0 spiro atoms. The minimum absolute atomic E-state index is 0.0544. The van der Waals surface area contributed by atoms with Crippen LogP contribution in [0.5, 0.6) is 0 Å². The van der Waals surface area contributed by atoms with Crippen LogP contribution < -0.4 is 21.7 Å². The van der Waals surface area contributed by atoms with Crippen LogP contribution in [0, 0.1) is 17.2 Å². The van der Waals surface area contributed by atoms with E-state index in [9.17, 15) is 14.4 Å². The molecule has 1 unspecified atom stereocenters. The molecule has 0 saturated carbocycles. The smallest absolute Gasteiger partial charge is 0.248 e. The molecule has 0 heterocycles. The van der Waals surface area contributed by atoms with E-state index in [0.29, 0.717) is 11.5 Å². The number of hydrogen-bond donors (Lipinski definition) is 4. The molecule has 2 rings (SSSR count). The number of rotatable bonds is 15. The van der Waals surface area contributed by atoms with Gasteiger partial charge in [0.15, 0.2) is 0 Å². The molecule has 9 nitrogen and oxygen atoms in total. The number of nitrogens with zero attached hydrogens (tertiary/aromatic N) is 2. The third-order valence-corrected chi connectivity index (χ3v) is 7.35.